The molecule has 0 unspecified atom stereocenters. The first-order chi connectivity index (χ1) is 4.33. The molecule has 1 rings (SSSR count). The Morgan fingerprint density at radius 3 is 2.78 bits per heavy atom. The Morgan fingerprint density at radius 1 is 1.67 bits per heavy atom. The van der Waals surface area contributed by atoms with Gasteiger partial charge in [-0.15, -0.1) is 0 Å². The maximum atomic E-state index is 10.3. The fourth-order valence-corrected chi connectivity index (χ4v) is 0.543. The van der Waals surface area contributed by atoms with Crippen LogP contribution in [0.5, 0.6) is 0 Å². The molecule has 0 aromatic carbocycles. The summed E-state index contributed by atoms with van der Waals surface area (Å²) in [6.45, 7) is 0. The summed E-state index contributed by atoms with van der Waals surface area (Å²) in [6.07, 6.45) is 5.58. The van der Waals surface area contributed by atoms with Crippen molar-refractivity contribution in [3.8, 4) is 0 Å². The normalized spacial score (nSPS) is 18.3. The van der Waals surface area contributed by atoms with Crippen molar-refractivity contribution >= 4 is 5.97 Å². The van der Waals surface area contributed by atoms with Gasteiger partial charge in [0.1, 0.15) is 0 Å². The predicted molar refractivity (Wildman–Crippen MR) is 32.1 cm³/mol. The lowest BCUT2D eigenvalue weighted by Crippen LogP contribution is -2.05. The van der Waals surface area contributed by atoms with Crippen molar-refractivity contribution in [2.45, 2.75) is 12.8 Å². The van der Waals surface area contributed by atoms with Gasteiger partial charge >= 0.3 is 5.97 Å². The van der Waals surface area contributed by atoms with Gasteiger partial charge in [0.05, 0.1) is 0 Å². The van der Waals surface area contributed by atoms with E-state index in [0.29, 0.717) is 5.92 Å². The van der Waals surface area contributed by atoms with Crippen LogP contribution in [0.25, 0.3) is 0 Å². The molecule has 1 aliphatic rings. The molecule has 0 amide bonds. The van der Waals surface area contributed by atoms with Crippen LogP contribution in [0.3, 0.4) is 0 Å². The van der Waals surface area contributed by atoms with Gasteiger partial charge in [-0.05, 0) is 18.8 Å². The standard InChI is InChI=1S/C6H9NO2/c7-9-6(8)4-3-5-1-2-5/h3-5H,1-2,7H2. The zero-order chi connectivity index (χ0) is 6.69. The van der Waals surface area contributed by atoms with Crippen LogP contribution in [0, 0.1) is 5.92 Å². The molecule has 2 N–H and O–H groups in total. The van der Waals surface area contributed by atoms with Gasteiger partial charge in [0, 0.05) is 6.08 Å². The second-order valence-corrected chi connectivity index (χ2v) is 2.13. The van der Waals surface area contributed by atoms with E-state index in [1.807, 2.05) is 6.08 Å². The highest BCUT2D eigenvalue weighted by Crippen LogP contribution is 2.29. The van der Waals surface area contributed by atoms with Gasteiger partial charge in [0.25, 0.3) is 0 Å². The Balaban J connectivity index is 2.20. The van der Waals surface area contributed by atoms with Crippen LogP contribution in [-0.2, 0) is 9.63 Å². The van der Waals surface area contributed by atoms with Crippen LogP contribution in [0.15, 0.2) is 12.2 Å². The van der Waals surface area contributed by atoms with Gasteiger partial charge < -0.3 is 4.84 Å². The minimum atomic E-state index is -0.470. The average Bonchev–Trinajstić information content (AvgIpc) is 2.65. The van der Waals surface area contributed by atoms with Crippen LogP contribution in [0.1, 0.15) is 12.8 Å². The molecule has 1 fully saturated rings. The molecule has 1 saturated carbocycles. The van der Waals surface area contributed by atoms with E-state index in [0.717, 1.165) is 0 Å². The maximum Gasteiger partial charge on any atom is 0.348 e. The molecule has 0 atom stereocenters. The average molecular weight is 127 g/mol. The first kappa shape index (κ1) is 6.29. The van der Waals surface area contributed by atoms with E-state index < -0.39 is 5.97 Å². The van der Waals surface area contributed by atoms with Crippen molar-refractivity contribution in [1.29, 1.82) is 0 Å². The van der Waals surface area contributed by atoms with Crippen molar-refractivity contribution in [2.24, 2.45) is 11.8 Å². The summed E-state index contributed by atoms with van der Waals surface area (Å²) in [4.78, 5) is 14.2. The van der Waals surface area contributed by atoms with Crippen molar-refractivity contribution in [2.75, 3.05) is 0 Å². The summed E-state index contributed by atoms with van der Waals surface area (Å²) in [6, 6.07) is 0. The summed E-state index contributed by atoms with van der Waals surface area (Å²) >= 11 is 0. The molecular weight excluding hydrogens is 118 g/mol. The molecule has 0 aromatic rings. The Labute approximate surface area is 53.4 Å². The number of hydrogen-bond donors (Lipinski definition) is 1. The largest absolute Gasteiger partial charge is 0.370 e. The highest BCUT2D eigenvalue weighted by molar-refractivity contribution is 5.81. The lowest BCUT2D eigenvalue weighted by molar-refractivity contribution is -0.138. The number of carbonyl (C=O) groups is 1. The van der Waals surface area contributed by atoms with Crippen LogP contribution in [0.4, 0.5) is 0 Å². The summed E-state index contributed by atoms with van der Waals surface area (Å²) in [7, 11) is 0. The maximum absolute atomic E-state index is 10.3. The molecule has 0 spiro atoms. The smallest absolute Gasteiger partial charge is 0.348 e. The molecule has 0 radical (unpaired) electrons. The molecule has 0 saturated heterocycles. The quantitative estimate of drug-likeness (QED) is 0.430. The minimum Gasteiger partial charge on any atom is -0.370 e. The number of rotatable bonds is 2. The van der Waals surface area contributed by atoms with Gasteiger partial charge in [0.15, 0.2) is 0 Å². The third-order valence-electron chi connectivity index (χ3n) is 1.24. The molecular formula is C6H9NO2. The van der Waals surface area contributed by atoms with E-state index in [1.165, 1.54) is 18.9 Å². The van der Waals surface area contributed by atoms with Gasteiger partial charge in [0.2, 0.25) is 0 Å². The Kier molecular flexibility index (Phi) is 1.85. The highest BCUT2D eigenvalue weighted by atomic mass is 16.7. The predicted octanol–water partition coefficient (Wildman–Crippen LogP) is 0.369. The Morgan fingerprint density at radius 2 is 2.33 bits per heavy atom. The van der Waals surface area contributed by atoms with Gasteiger partial charge in [-0.3, -0.25) is 0 Å². The van der Waals surface area contributed by atoms with E-state index >= 15 is 0 Å². The van der Waals surface area contributed by atoms with E-state index in [2.05, 4.69) is 10.7 Å². The molecule has 0 aromatic heterocycles. The summed E-state index contributed by atoms with van der Waals surface area (Å²) in [5, 5.41) is 0. The van der Waals surface area contributed by atoms with Gasteiger partial charge in [-0.25, -0.2) is 4.79 Å². The third-order valence-corrected chi connectivity index (χ3v) is 1.24. The molecule has 0 aliphatic heterocycles. The monoisotopic (exact) mass is 127 g/mol. The number of nitrogens with two attached hydrogens (primary N) is 1. The van der Waals surface area contributed by atoms with Gasteiger partial charge in [-0.1, -0.05) is 6.08 Å². The highest BCUT2D eigenvalue weighted by Gasteiger charge is 2.17. The molecule has 0 heterocycles. The second kappa shape index (κ2) is 2.64. The first-order valence-corrected chi connectivity index (χ1v) is 2.92. The van der Waals surface area contributed by atoms with E-state index in [4.69, 9.17) is 0 Å². The lowest BCUT2D eigenvalue weighted by atomic mass is 10.4. The Hall–Kier alpha value is -0.830. The molecule has 9 heavy (non-hydrogen) atoms. The summed E-state index contributed by atoms with van der Waals surface area (Å²) < 4.78 is 0. The zero-order valence-corrected chi connectivity index (χ0v) is 5.04. The zero-order valence-electron chi connectivity index (χ0n) is 5.04. The van der Waals surface area contributed by atoms with Crippen molar-refractivity contribution in [1.82, 2.24) is 0 Å². The number of allylic oxidation sites excluding steroid dienone is 1. The van der Waals surface area contributed by atoms with Crippen molar-refractivity contribution in [3.63, 3.8) is 0 Å². The van der Waals surface area contributed by atoms with E-state index in [1.54, 1.807) is 0 Å². The first-order valence-electron chi connectivity index (χ1n) is 2.92. The third kappa shape index (κ3) is 2.28. The molecule has 0 bridgehead atoms. The fourth-order valence-electron chi connectivity index (χ4n) is 0.543. The second-order valence-electron chi connectivity index (χ2n) is 2.13. The van der Waals surface area contributed by atoms with Crippen LogP contribution in [-0.4, -0.2) is 5.97 Å². The minimum absolute atomic E-state index is 0.470. The van der Waals surface area contributed by atoms with E-state index in [-0.39, 0.29) is 0 Å². The Bertz CT molecular complexity index is 138. The van der Waals surface area contributed by atoms with Crippen LogP contribution in [0.2, 0.25) is 0 Å². The van der Waals surface area contributed by atoms with E-state index in [9.17, 15) is 4.79 Å². The fraction of sp³-hybridized carbons (Fsp3) is 0.500. The van der Waals surface area contributed by atoms with Crippen molar-refractivity contribution < 1.29 is 9.63 Å². The topological polar surface area (TPSA) is 52.3 Å². The SMILES string of the molecule is NOC(=O)C=CC1CC1. The lowest BCUT2D eigenvalue weighted by Gasteiger charge is -1.85. The van der Waals surface area contributed by atoms with Crippen molar-refractivity contribution in [3.05, 3.63) is 12.2 Å². The molecule has 50 valence electrons. The van der Waals surface area contributed by atoms with Gasteiger partial charge in [-0.2, -0.15) is 5.90 Å². The molecule has 1 aliphatic carbocycles. The molecule has 3 heteroatoms. The summed E-state index contributed by atoms with van der Waals surface area (Å²) in [5.41, 5.74) is 0. The number of carbonyl (C=O) groups excluding carboxylic acids is 1. The molecule has 3 nitrogen and oxygen atoms in total. The van der Waals surface area contributed by atoms with Crippen LogP contribution >= 0.6 is 0 Å². The number of hydrogen-bond acceptors (Lipinski definition) is 3. The van der Waals surface area contributed by atoms with Crippen LogP contribution < -0.4 is 5.90 Å². The summed E-state index contributed by atoms with van der Waals surface area (Å²) in [5.74, 6) is 4.71.